The highest BCUT2D eigenvalue weighted by Crippen LogP contribution is 2.32. The van der Waals surface area contributed by atoms with Gasteiger partial charge in [-0.3, -0.25) is 14.9 Å². The average Bonchev–Trinajstić information content (AvgIpc) is 3.21. The van der Waals surface area contributed by atoms with Crippen LogP contribution in [0.1, 0.15) is 11.3 Å². The number of hydrogen-bond acceptors (Lipinski definition) is 5. The number of aromatic nitrogens is 2. The fourth-order valence-electron chi connectivity index (χ4n) is 3.22. The summed E-state index contributed by atoms with van der Waals surface area (Å²) < 4.78 is 12.5. The third kappa shape index (κ3) is 3.45. The number of piperazine rings is 1. The van der Waals surface area contributed by atoms with Gasteiger partial charge in [-0.15, -0.1) is 0 Å². The lowest BCUT2D eigenvalue weighted by atomic mass is 10.1. The van der Waals surface area contributed by atoms with Crippen LogP contribution >= 0.6 is 0 Å². The van der Waals surface area contributed by atoms with E-state index in [9.17, 15) is 4.79 Å². The lowest BCUT2D eigenvalue weighted by molar-refractivity contribution is 0.143. The second-order valence-electron chi connectivity index (χ2n) is 6.68. The summed E-state index contributed by atoms with van der Waals surface area (Å²) in [6, 6.07) is 7.83. The molecule has 8 nitrogen and oxygen atoms in total. The van der Waals surface area contributed by atoms with Crippen molar-refractivity contribution >= 4 is 11.8 Å². The first-order chi connectivity index (χ1) is 12.6. The van der Waals surface area contributed by atoms with Crippen LogP contribution in [0.25, 0.3) is 0 Å². The number of aryl methyl sites for hydroxylation is 2. The lowest BCUT2D eigenvalue weighted by Crippen LogP contribution is -2.49. The van der Waals surface area contributed by atoms with Crippen molar-refractivity contribution in [3.63, 3.8) is 0 Å². The summed E-state index contributed by atoms with van der Waals surface area (Å²) in [6.45, 7) is 6.15. The molecular weight excluding hydrogens is 334 g/mol. The van der Waals surface area contributed by atoms with Crippen LogP contribution in [-0.4, -0.2) is 58.6 Å². The van der Waals surface area contributed by atoms with Crippen molar-refractivity contribution in [2.75, 3.05) is 38.3 Å². The molecule has 2 aliphatic heterocycles. The maximum absolute atomic E-state index is 12.4. The molecule has 1 aromatic carbocycles. The monoisotopic (exact) mass is 357 g/mol. The standard InChI is InChI=1S/C18H23N5O3/c1-13-9-17(20-21(13)2)19-18(24)23-7-5-22(6-8-23)11-14-3-4-15-16(10-14)26-12-25-15/h3-4,9-10H,5-8,11-12H2,1-2H3,(H,19,20,24). The van der Waals surface area contributed by atoms with Gasteiger partial charge in [0.2, 0.25) is 6.79 Å². The Bertz CT molecular complexity index is 792. The van der Waals surface area contributed by atoms with E-state index in [1.165, 1.54) is 5.56 Å². The second-order valence-corrected chi connectivity index (χ2v) is 6.68. The number of anilines is 1. The van der Waals surface area contributed by atoms with Crippen molar-refractivity contribution < 1.29 is 14.3 Å². The molecule has 1 aromatic heterocycles. The molecule has 2 aromatic rings. The van der Waals surface area contributed by atoms with Crippen molar-refractivity contribution in [1.29, 1.82) is 0 Å². The van der Waals surface area contributed by atoms with E-state index >= 15 is 0 Å². The number of benzene rings is 1. The Morgan fingerprint density at radius 3 is 2.65 bits per heavy atom. The van der Waals surface area contributed by atoms with E-state index in [-0.39, 0.29) is 6.03 Å². The zero-order valence-electron chi connectivity index (χ0n) is 15.1. The summed E-state index contributed by atoms with van der Waals surface area (Å²) in [5.41, 5.74) is 2.20. The second kappa shape index (κ2) is 6.87. The molecule has 138 valence electrons. The molecule has 0 unspecified atom stereocenters. The Labute approximate surface area is 152 Å². The molecule has 0 bridgehead atoms. The van der Waals surface area contributed by atoms with Gasteiger partial charge in [-0.25, -0.2) is 4.79 Å². The summed E-state index contributed by atoms with van der Waals surface area (Å²) in [5, 5.41) is 7.14. The van der Waals surface area contributed by atoms with Gasteiger partial charge in [0.1, 0.15) is 0 Å². The number of urea groups is 1. The Morgan fingerprint density at radius 1 is 1.15 bits per heavy atom. The van der Waals surface area contributed by atoms with Gasteiger partial charge in [0.05, 0.1) is 0 Å². The molecule has 1 fully saturated rings. The maximum Gasteiger partial charge on any atom is 0.323 e. The van der Waals surface area contributed by atoms with Crippen molar-refractivity contribution in [2.24, 2.45) is 7.05 Å². The summed E-state index contributed by atoms with van der Waals surface area (Å²) in [4.78, 5) is 16.6. The van der Waals surface area contributed by atoms with Crippen molar-refractivity contribution in [1.82, 2.24) is 19.6 Å². The van der Waals surface area contributed by atoms with Gasteiger partial charge in [-0.2, -0.15) is 5.10 Å². The summed E-state index contributed by atoms with van der Waals surface area (Å²) >= 11 is 0. The average molecular weight is 357 g/mol. The first-order valence-corrected chi connectivity index (χ1v) is 8.76. The van der Waals surface area contributed by atoms with Crippen molar-refractivity contribution in [3.8, 4) is 11.5 Å². The molecule has 0 saturated carbocycles. The third-order valence-electron chi connectivity index (χ3n) is 4.85. The molecule has 8 heteroatoms. The van der Waals surface area contributed by atoms with Gasteiger partial charge in [-0.05, 0) is 24.6 Å². The van der Waals surface area contributed by atoms with Crippen LogP contribution in [0.4, 0.5) is 10.6 Å². The third-order valence-corrected chi connectivity index (χ3v) is 4.85. The smallest absolute Gasteiger partial charge is 0.323 e. The molecule has 4 rings (SSSR count). The molecule has 26 heavy (non-hydrogen) atoms. The fourth-order valence-corrected chi connectivity index (χ4v) is 3.22. The predicted octanol–water partition coefficient (Wildman–Crippen LogP) is 1.81. The van der Waals surface area contributed by atoms with Gasteiger partial charge in [0, 0.05) is 51.5 Å². The van der Waals surface area contributed by atoms with Crippen molar-refractivity contribution in [2.45, 2.75) is 13.5 Å². The van der Waals surface area contributed by atoms with E-state index in [0.717, 1.165) is 36.8 Å². The molecule has 0 atom stereocenters. The normalized spacial score (nSPS) is 16.8. The SMILES string of the molecule is Cc1cc(NC(=O)N2CCN(Cc3ccc4c(c3)OCO4)CC2)nn1C. The number of hydrogen-bond donors (Lipinski definition) is 1. The first kappa shape index (κ1) is 16.7. The number of ether oxygens (including phenoxy) is 2. The van der Waals surface area contributed by atoms with Gasteiger partial charge < -0.3 is 14.4 Å². The number of rotatable bonds is 3. The molecule has 1 N–H and O–H groups in total. The maximum atomic E-state index is 12.4. The predicted molar refractivity (Wildman–Crippen MR) is 96.4 cm³/mol. The molecule has 3 heterocycles. The summed E-state index contributed by atoms with van der Waals surface area (Å²) in [6.07, 6.45) is 0. The molecule has 2 amide bonds. The number of fused-ring (bicyclic) bond motifs is 1. The van der Waals surface area contributed by atoms with E-state index in [4.69, 9.17) is 9.47 Å². The Morgan fingerprint density at radius 2 is 1.92 bits per heavy atom. The minimum atomic E-state index is -0.0918. The highest BCUT2D eigenvalue weighted by Gasteiger charge is 2.22. The number of carbonyl (C=O) groups excluding carboxylic acids is 1. The molecule has 0 aliphatic carbocycles. The zero-order chi connectivity index (χ0) is 18.1. The first-order valence-electron chi connectivity index (χ1n) is 8.76. The van der Waals surface area contributed by atoms with Crippen molar-refractivity contribution in [3.05, 3.63) is 35.5 Å². The summed E-state index contributed by atoms with van der Waals surface area (Å²) in [7, 11) is 1.86. The van der Waals surface area contributed by atoms with Crippen LogP contribution in [0, 0.1) is 6.92 Å². The Balaban J connectivity index is 1.29. The van der Waals surface area contributed by atoms with Gasteiger partial charge in [0.15, 0.2) is 17.3 Å². The summed E-state index contributed by atoms with van der Waals surface area (Å²) in [5.74, 6) is 2.21. The number of nitrogens with one attached hydrogen (secondary N) is 1. The van der Waals surface area contributed by atoms with E-state index in [0.29, 0.717) is 25.7 Å². The molecule has 1 saturated heterocycles. The van der Waals surface area contributed by atoms with E-state index < -0.39 is 0 Å². The Hall–Kier alpha value is -2.74. The van der Waals surface area contributed by atoms with E-state index in [1.54, 1.807) is 4.68 Å². The highest BCUT2D eigenvalue weighted by molar-refractivity contribution is 5.88. The Kier molecular flexibility index (Phi) is 4.42. The topological polar surface area (TPSA) is 71.9 Å². The number of carbonyl (C=O) groups is 1. The molecule has 0 radical (unpaired) electrons. The molecule has 0 spiro atoms. The molecular formula is C18H23N5O3. The number of nitrogens with zero attached hydrogens (tertiary/aromatic N) is 4. The lowest BCUT2D eigenvalue weighted by Gasteiger charge is -2.34. The quantitative estimate of drug-likeness (QED) is 0.907. The van der Waals surface area contributed by atoms with Crippen LogP contribution in [0.2, 0.25) is 0 Å². The fraction of sp³-hybridized carbons (Fsp3) is 0.444. The van der Waals surface area contributed by atoms with Gasteiger partial charge in [0.25, 0.3) is 0 Å². The minimum Gasteiger partial charge on any atom is -0.454 e. The van der Waals surface area contributed by atoms with Crippen LogP contribution in [0.3, 0.4) is 0 Å². The van der Waals surface area contributed by atoms with E-state index in [2.05, 4.69) is 21.4 Å². The van der Waals surface area contributed by atoms with Gasteiger partial charge >= 0.3 is 6.03 Å². The number of amides is 2. The van der Waals surface area contributed by atoms with Crippen LogP contribution in [0.5, 0.6) is 11.5 Å². The largest absolute Gasteiger partial charge is 0.454 e. The minimum absolute atomic E-state index is 0.0918. The van der Waals surface area contributed by atoms with E-state index in [1.807, 2.05) is 37.1 Å². The van der Waals surface area contributed by atoms with Crippen LogP contribution in [-0.2, 0) is 13.6 Å². The zero-order valence-corrected chi connectivity index (χ0v) is 15.1. The van der Waals surface area contributed by atoms with Gasteiger partial charge in [-0.1, -0.05) is 6.07 Å². The van der Waals surface area contributed by atoms with Crippen LogP contribution < -0.4 is 14.8 Å². The molecule has 2 aliphatic rings. The highest BCUT2D eigenvalue weighted by atomic mass is 16.7. The van der Waals surface area contributed by atoms with Crippen LogP contribution in [0.15, 0.2) is 24.3 Å².